The maximum atomic E-state index is 12.8. The van der Waals surface area contributed by atoms with Crippen LogP contribution in [0, 0.1) is 0 Å². The van der Waals surface area contributed by atoms with Gasteiger partial charge < -0.3 is 14.7 Å². The van der Waals surface area contributed by atoms with Gasteiger partial charge in [0.05, 0.1) is 12.5 Å². The second-order valence-corrected chi connectivity index (χ2v) is 7.31. The zero-order valence-corrected chi connectivity index (χ0v) is 16.6. The number of carbonyl (C=O) groups is 2. The number of ether oxygens (including phenoxy) is 1. The number of rotatable bonds is 6. The number of amides is 1. The molecule has 0 bridgehead atoms. The molecule has 1 N–H and O–H groups in total. The highest BCUT2D eigenvalue weighted by atomic mass is 16.6. The van der Waals surface area contributed by atoms with Crippen LogP contribution in [-0.2, 0) is 9.53 Å². The summed E-state index contributed by atoms with van der Waals surface area (Å²) >= 11 is 0. The molecule has 3 aromatic rings. The van der Waals surface area contributed by atoms with Crippen LogP contribution in [0.15, 0.2) is 73.1 Å². The Kier molecular flexibility index (Phi) is 5.48. The van der Waals surface area contributed by atoms with E-state index >= 15 is 0 Å². The molecule has 4 rings (SSSR count). The number of hydrogen-bond acceptors (Lipinski definition) is 4. The van der Waals surface area contributed by atoms with Crippen LogP contribution in [0.4, 0.5) is 4.79 Å². The Hall–Kier alpha value is -3.67. The number of nitrogens with zero attached hydrogens (tertiary/aromatic N) is 2. The minimum Gasteiger partial charge on any atom is -0.481 e. The van der Waals surface area contributed by atoms with E-state index in [-0.39, 0.29) is 18.9 Å². The first kappa shape index (κ1) is 19.6. The van der Waals surface area contributed by atoms with Crippen molar-refractivity contribution in [3.8, 4) is 11.1 Å². The summed E-state index contributed by atoms with van der Waals surface area (Å²) in [4.78, 5) is 29.5. The molecule has 1 atom stereocenters. The number of hydrogen-bond donors (Lipinski definition) is 1. The summed E-state index contributed by atoms with van der Waals surface area (Å²) in [6.45, 7) is 0.185. The van der Waals surface area contributed by atoms with Crippen molar-refractivity contribution in [3.05, 3.63) is 89.7 Å². The lowest BCUT2D eigenvalue weighted by Crippen LogP contribution is -2.34. The van der Waals surface area contributed by atoms with Crippen molar-refractivity contribution in [2.45, 2.75) is 18.4 Å². The predicted octanol–water partition coefficient (Wildman–Crippen LogP) is 4.48. The van der Waals surface area contributed by atoms with E-state index in [4.69, 9.17) is 4.74 Å². The molecular formula is C24H22N2O4. The maximum Gasteiger partial charge on any atom is 0.410 e. The molecule has 0 radical (unpaired) electrons. The van der Waals surface area contributed by atoms with Crippen LogP contribution in [-0.4, -0.2) is 40.7 Å². The van der Waals surface area contributed by atoms with Gasteiger partial charge in [0.15, 0.2) is 0 Å². The van der Waals surface area contributed by atoms with E-state index in [2.05, 4.69) is 29.2 Å². The average molecular weight is 402 g/mol. The smallest absolute Gasteiger partial charge is 0.410 e. The fourth-order valence-electron chi connectivity index (χ4n) is 4.04. The first-order chi connectivity index (χ1) is 14.6. The summed E-state index contributed by atoms with van der Waals surface area (Å²) in [5.41, 5.74) is 5.21. The quantitative estimate of drug-likeness (QED) is 0.658. The zero-order valence-electron chi connectivity index (χ0n) is 16.6. The number of aliphatic carboxylic acids is 1. The molecule has 0 aliphatic heterocycles. The van der Waals surface area contributed by atoms with Gasteiger partial charge in [-0.3, -0.25) is 9.78 Å². The highest BCUT2D eigenvalue weighted by molar-refractivity contribution is 5.79. The van der Waals surface area contributed by atoms with Gasteiger partial charge >= 0.3 is 12.1 Å². The fraction of sp³-hybridized carbons (Fsp3) is 0.208. The summed E-state index contributed by atoms with van der Waals surface area (Å²) in [5, 5.41) is 9.30. The van der Waals surface area contributed by atoms with Gasteiger partial charge in [0.25, 0.3) is 0 Å². The second-order valence-electron chi connectivity index (χ2n) is 7.31. The van der Waals surface area contributed by atoms with Crippen LogP contribution in [0.1, 0.15) is 35.1 Å². The molecule has 152 valence electrons. The molecule has 6 nitrogen and oxygen atoms in total. The monoisotopic (exact) mass is 402 g/mol. The normalized spacial score (nSPS) is 13.2. The first-order valence-corrected chi connectivity index (χ1v) is 9.75. The van der Waals surface area contributed by atoms with Crippen LogP contribution in [0.5, 0.6) is 0 Å². The SMILES string of the molecule is CN(C(=O)OCC1c2ccccc2-c2ccccc21)C(CC(=O)O)c1cccnc1. The topological polar surface area (TPSA) is 79.7 Å². The van der Waals surface area contributed by atoms with Crippen molar-refractivity contribution in [1.29, 1.82) is 0 Å². The molecule has 1 heterocycles. The van der Waals surface area contributed by atoms with Gasteiger partial charge in [0.1, 0.15) is 6.61 Å². The third-order valence-electron chi connectivity index (χ3n) is 5.53. The van der Waals surface area contributed by atoms with Crippen molar-refractivity contribution in [3.63, 3.8) is 0 Å². The number of carbonyl (C=O) groups excluding carboxylic acids is 1. The van der Waals surface area contributed by atoms with Crippen molar-refractivity contribution in [2.24, 2.45) is 0 Å². The molecule has 1 aromatic heterocycles. The number of carboxylic acids is 1. The van der Waals surface area contributed by atoms with Gasteiger partial charge in [0.2, 0.25) is 0 Å². The van der Waals surface area contributed by atoms with E-state index in [1.165, 1.54) is 4.90 Å². The van der Waals surface area contributed by atoms with E-state index in [1.54, 1.807) is 31.6 Å². The van der Waals surface area contributed by atoms with E-state index in [0.29, 0.717) is 5.56 Å². The lowest BCUT2D eigenvalue weighted by atomic mass is 9.98. The van der Waals surface area contributed by atoms with Gasteiger partial charge in [-0.1, -0.05) is 54.6 Å². The van der Waals surface area contributed by atoms with Gasteiger partial charge in [-0.05, 0) is 33.9 Å². The number of aromatic nitrogens is 1. The number of fused-ring (bicyclic) bond motifs is 3. The number of carboxylic acid groups (broad SMARTS) is 1. The van der Waals surface area contributed by atoms with Crippen LogP contribution in [0.3, 0.4) is 0 Å². The Morgan fingerprint density at radius 1 is 1.03 bits per heavy atom. The molecule has 1 aliphatic rings. The van der Waals surface area contributed by atoms with E-state index in [1.807, 2.05) is 24.3 Å². The van der Waals surface area contributed by atoms with Crippen molar-refractivity contribution < 1.29 is 19.4 Å². The lowest BCUT2D eigenvalue weighted by molar-refractivity contribution is -0.138. The Bertz CT molecular complexity index is 1020. The first-order valence-electron chi connectivity index (χ1n) is 9.75. The Labute approximate surface area is 174 Å². The lowest BCUT2D eigenvalue weighted by Gasteiger charge is -2.27. The van der Waals surface area contributed by atoms with Crippen LogP contribution >= 0.6 is 0 Å². The van der Waals surface area contributed by atoms with Gasteiger partial charge in [-0.15, -0.1) is 0 Å². The van der Waals surface area contributed by atoms with Crippen LogP contribution in [0.2, 0.25) is 0 Å². The second kappa shape index (κ2) is 8.37. The number of benzene rings is 2. The predicted molar refractivity (Wildman–Crippen MR) is 112 cm³/mol. The molecule has 6 heteroatoms. The Balaban J connectivity index is 1.52. The van der Waals surface area contributed by atoms with E-state index in [0.717, 1.165) is 22.3 Å². The molecule has 1 amide bonds. The average Bonchev–Trinajstić information content (AvgIpc) is 3.09. The van der Waals surface area contributed by atoms with Crippen LogP contribution < -0.4 is 0 Å². The molecule has 0 fully saturated rings. The maximum absolute atomic E-state index is 12.8. The van der Waals surface area contributed by atoms with Crippen LogP contribution in [0.25, 0.3) is 11.1 Å². The van der Waals surface area contributed by atoms with Gasteiger partial charge in [0, 0.05) is 25.4 Å². The molecule has 2 aromatic carbocycles. The van der Waals surface area contributed by atoms with Crippen molar-refractivity contribution >= 4 is 12.1 Å². The zero-order chi connectivity index (χ0) is 21.1. The van der Waals surface area contributed by atoms with Gasteiger partial charge in [-0.2, -0.15) is 0 Å². The van der Waals surface area contributed by atoms with E-state index in [9.17, 15) is 14.7 Å². The Morgan fingerprint density at radius 2 is 1.67 bits per heavy atom. The van der Waals surface area contributed by atoms with Crippen molar-refractivity contribution in [2.75, 3.05) is 13.7 Å². The molecule has 0 saturated heterocycles. The molecule has 30 heavy (non-hydrogen) atoms. The molecule has 1 unspecified atom stereocenters. The highest BCUT2D eigenvalue weighted by Gasteiger charge is 2.31. The fourth-order valence-corrected chi connectivity index (χ4v) is 4.04. The van der Waals surface area contributed by atoms with Crippen molar-refractivity contribution in [1.82, 2.24) is 9.88 Å². The third kappa shape index (κ3) is 3.76. The summed E-state index contributed by atoms with van der Waals surface area (Å²) in [6.07, 6.45) is 2.38. The summed E-state index contributed by atoms with van der Waals surface area (Å²) < 4.78 is 5.66. The summed E-state index contributed by atoms with van der Waals surface area (Å²) in [6, 6.07) is 19.1. The highest BCUT2D eigenvalue weighted by Crippen LogP contribution is 2.44. The molecular weight excluding hydrogens is 380 g/mol. The molecule has 1 aliphatic carbocycles. The standard InChI is InChI=1S/C24H22N2O4/c1-26(22(13-23(27)28)16-7-6-12-25-14-16)24(29)30-15-21-19-10-4-2-8-17(19)18-9-3-5-11-20(18)21/h2-12,14,21-22H,13,15H2,1H3,(H,27,28). The third-order valence-corrected chi connectivity index (χ3v) is 5.53. The minimum atomic E-state index is -0.998. The Morgan fingerprint density at radius 3 is 2.23 bits per heavy atom. The molecule has 0 spiro atoms. The van der Waals surface area contributed by atoms with E-state index < -0.39 is 18.1 Å². The molecule has 0 saturated carbocycles. The summed E-state index contributed by atoms with van der Waals surface area (Å²) in [5.74, 6) is -1.05. The number of pyridine rings is 1. The van der Waals surface area contributed by atoms with Gasteiger partial charge in [-0.25, -0.2) is 4.79 Å². The summed E-state index contributed by atoms with van der Waals surface area (Å²) in [7, 11) is 1.56. The largest absolute Gasteiger partial charge is 0.481 e. The minimum absolute atomic E-state index is 0.0499.